The van der Waals surface area contributed by atoms with Crippen LogP contribution in [0, 0.1) is 17.8 Å². The molecule has 1 amide bonds. The summed E-state index contributed by atoms with van der Waals surface area (Å²) >= 11 is 0. The lowest BCUT2D eigenvalue weighted by Gasteiger charge is -2.65. The van der Waals surface area contributed by atoms with Crippen LogP contribution in [0.15, 0.2) is 41.2 Å². The normalized spacial score (nSPS) is 32.3. The lowest BCUT2D eigenvalue weighted by atomic mass is 9.41. The Morgan fingerprint density at radius 3 is 2.30 bits per heavy atom. The summed E-state index contributed by atoms with van der Waals surface area (Å²) in [5.74, 6) is 2.22. The zero-order valence-corrected chi connectivity index (χ0v) is 24.0. The zero-order chi connectivity index (χ0) is 28.0. The van der Waals surface area contributed by atoms with Gasteiger partial charge in [0, 0.05) is 35.3 Å². The smallest absolute Gasteiger partial charge is 0.234 e. The number of hydrogen-bond donors (Lipinski definition) is 0. The van der Waals surface area contributed by atoms with Gasteiger partial charge in [0.1, 0.15) is 11.5 Å². The minimum absolute atomic E-state index is 0.00470. The topological polar surface area (TPSA) is 85.0 Å². The Balaban J connectivity index is 1.16. The molecule has 3 heterocycles. The van der Waals surface area contributed by atoms with Crippen LogP contribution in [0.25, 0.3) is 11.3 Å². The van der Waals surface area contributed by atoms with Crippen molar-refractivity contribution in [1.82, 2.24) is 20.1 Å². The van der Waals surface area contributed by atoms with Gasteiger partial charge in [-0.15, -0.1) is 0 Å². The lowest BCUT2D eigenvalue weighted by Crippen LogP contribution is -2.71. The SMILES string of the molecule is Cc1ccc(-c2ccnc(N(CC34CCC(c5noc(C(C)(C)C)n5)(CC3)CC4)C(=O)C34CC(F)(C3)C4)c2)nc1. The first kappa shape index (κ1) is 25.8. The van der Waals surface area contributed by atoms with Crippen LogP contribution in [0.1, 0.15) is 95.8 Å². The third-order valence-corrected chi connectivity index (χ3v) is 10.3. The number of nitrogens with zero attached hydrogens (tertiary/aromatic N) is 5. The molecule has 0 atom stereocenters. The Morgan fingerprint density at radius 2 is 1.73 bits per heavy atom. The number of amides is 1. The average molecular weight is 544 g/mol. The maximum absolute atomic E-state index is 14.5. The molecule has 0 unspecified atom stereocenters. The second kappa shape index (κ2) is 8.43. The number of aryl methyl sites for hydroxylation is 1. The van der Waals surface area contributed by atoms with Crippen molar-refractivity contribution >= 4 is 11.7 Å². The monoisotopic (exact) mass is 543 g/mol. The van der Waals surface area contributed by atoms with Crippen molar-refractivity contribution in [3.63, 3.8) is 0 Å². The molecule has 210 valence electrons. The lowest BCUT2D eigenvalue weighted by molar-refractivity contribution is -0.211. The van der Waals surface area contributed by atoms with Gasteiger partial charge in [-0.2, -0.15) is 4.98 Å². The number of carbonyl (C=O) groups is 1. The van der Waals surface area contributed by atoms with Gasteiger partial charge in [-0.05, 0) is 93.9 Å². The zero-order valence-electron chi connectivity index (χ0n) is 24.0. The van der Waals surface area contributed by atoms with Gasteiger partial charge in [0.2, 0.25) is 11.8 Å². The Kier molecular flexibility index (Phi) is 5.43. The standard InChI is InChI=1S/C32H38FN5O2/c1-21-5-6-23(35-16-21)22-7-14-34-24(15-22)38(27(39)31-17-32(33,18-31)19-31)20-29-8-11-30(12-9-29,13-10-29)25-36-26(40-37-25)28(2,3)4/h5-7,14-16H,8-13,17-20H2,1-4H3. The van der Waals surface area contributed by atoms with Crippen molar-refractivity contribution in [2.75, 3.05) is 11.4 Å². The van der Waals surface area contributed by atoms with Crippen molar-refractivity contribution < 1.29 is 13.7 Å². The number of hydrogen-bond acceptors (Lipinski definition) is 6. The van der Waals surface area contributed by atoms with Crippen molar-refractivity contribution in [3.8, 4) is 11.3 Å². The van der Waals surface area contributed by atoms with E-state index in [1.165, 1.54) is 0 Å². The molecule has 6 aliphatic rings. The van der Waals surface area contributed by atoms with Gasteiger partial charge in [-0.1, -0.05) is 32.0 Å². The Bertz CT molecular complexity index is 1430. The van der Waals surface area contributed by atoms with Gasteiger partial charge in [0.05, 0.1) is 11.1 Å². The van der Waals surface area contributed by atoms with Crippen molar-refractivity contribution in [2.24, 2.45) is 10.8 Å². The van der Waals surface area contributed by atoms with Gasteiger partial charge in [-0.3, -0.25) is 14.7 Å². The largest absolute Gasteiger partial charge is 0.339 e. The summed E-state index contributed by atoms with van der Waals surface area (Å²) in [4.78, 5) is 30.2. The summed E-state index contributed by atoms with van der Waals surface area (Å²) in [5, 5.41) is 4.44. The molecule has 0 aliphatic heterocycles. The third-order valence-electron chi connectivity index (χ3n) is 10.3. The predicted octanol–water partition coefficient (Wildman–Crippen LogP) is 6.65. The number of carbonyl (C=O) groups excluding carboxylic acids is 1. The van der Waals surface area contributed by atoms with E-state index in [9.17, 15) is 9.18 Å². The summed E-state index contributed by atoms with van der Waals surface area (Å²) in [7, 11) is 0. The second-order valence-electron chi connectivity index (χ2n) is 14.4. The molecule has 0 radical (unpaired) electrons. The molecule has 8 heteroatoms. The van der Waals surface area contributed by atoms with Crippen LogP contribution >= 0.6 is 0 Å². The highest BCUT2D eigenvalue weighted by molar-refractivity contribution is 6.00. The van der Waals surface area contributed by atoms with Crippen LogP contribution in [0.3, 0.4) is 0 Å². The van der Waals surface area contributed by atoms with Crippen molar-refractivity contribution in [2.45, 2.75) is 102 Å². The molecule has 40 heavy (non-hydrogen) atoms. The number of alkyl halides is 1. The van der Waals surface area contributed by atoms with Crippen LogP contribution in [-0.4, -0.2) is 38.2 Å². The highest BCUT2D eigenvalue weighted by atomic mass is 19.1. The van der Waals surface area contributed by atoms with Gasteiger partial charge in [0.15, 0.2) is 5.82 Å². The first-order valence-corrected chi connectivity index (χ1v) is 14.7. The number of halogens is 1. The van der Waals surface area contributed by atoms with E-state index >= 15 is 0 Å². The number of anilines is 1. The summed E-state index contributed by atoms with van der Waals surface area (Å²) in [6.07, 6.45) is 10.6. The van der Waals surface area contributed by atoms with Crippen LogP contribution < -0.4 is 4.90 Å². The Labute approximate surface area is 235 Å². The van der Waals surface area contributed by atoms with Crippen LogP contribution in [-0.2, 0) is 15.6 Å². The number of rotatable bonds is 6. The molecule has 7 nitrogen and oxygen atoms in total. The van der Waals surface area contributed by atoms with E-state index in [-0.39, 0.29) is 22.2 Å². The Morgan fingerprint density at radius 1 is 1.02 bits per heavy atom. The molecular formula is C32H38FN5O2. The molecule has 6 aliphatic carbocycles. The van der Waals surface area contributed by atoms with E-state index in [0.29, 0.717) is 37.5 Å². The van der Waals surface area contributed by atoms with Crippen LogP contribution in [0.2, 0.25) is 0 Å². The average Bonchev–Trinajstić information content (AvgIpc) is 3.43. The maximum atomic E-state index is 14.5. The fraction of sp³-hybridized carbons (Fsp3) is 0.594. The minimum Gasteiger partial charge on any atom is -0.339 e. The summed E-state index contributed by atoms with van der Waals surface area (Å²) in [6.45, 7) is 8.90. The van der Waals surface area contributed by atoms with E-state index in [2.05, 4.69) is 30.9 Å². The van der Waals surface area contributed by atoms with E-state index in [1.54, 1.807) is 6.20 Å². The molecule has 0 N–H and O–H groups in total. The number of aromatic nitrogens is 4. The van der Waals surface area contributed by atoms with E-state index in [4.69, 9.17) is 14.5 Å². The highest BCUT2D eigenvalue weighted by Gasteiger charge is 2.73. The third kappa shape index (κ3) is 4.00. The van der Waals surface area contributed by atoms with Gasteiger partial charge < -0.3 is 4.52 Å². The van der Waals surface area contributed by atoms with E-state index in [1.807, 2.05) is 42.3 Å². The molecule has 6 fully saturated rings. The predicted molar refractivity (Wildman–Crippen MR) is 149 cm³/mol. The maximum Gasteiger partial charge on any atom is 0.234 e. The van der Waals surface area contributed by atoms with Gasteiger partial charge >= 0.3 is 0 Å². The Hall–Kier alpha value is -3.16. The summed E-state index contributed by atoms with van der Waals surface area (Å²) in [5.41, 5.74) is 0.960. The quantitative estimate of drug-likeness (QED) is 0.346. The molecule has 0 spiro atoms. The summed E-state index contributed by atoms with van der Waals surface area (Å²) in [6, 6.07) is 7.95. The molecular weight excluding hydrogens is 505 g/mol. The van der Waals surface area contributed by atoms with Crippen molar-refractivity contribution in [3.05, 3.63) is 53.9 Å². The molecule has 0 aromatic carbocycles. The molecule has 4 bridgehead atoms. The first-order valence-electron chi connectivity index (χ1n) is 14.7. The number of pyridine rings is 2. The van der Waals surface area contributed by atoms with Crippen molar-refractivity contribution in [1.29, 1.82) is 0 Å². The molecule has 3 aromatic rings. The minimum atomic E-state index is -1.13. The fourth-order valence-electron chi connectivity index (χ4n) is 7.71. The van der Waals surface area contributed by atoms with Gasteiger partial charge in [-0.25, -0.2) is 9.37 Å². The van der Waals surface area contributed by atoms with Crippen LogP contribution in [0.5, 0.6) is 0 Å². The molecule has 0 saturated heterocycles. The van der Waals surface area contributed by atoms with Gasteiger partial charge in [0.25, 0.3) is 0 Å². The highest BCUT2D eigenvalue weighted by Crippen LogP contribution is 2.70. The molecule has 9 rings (SSSR count). The molecule has 6 saturated carbocycles. The fourth-order valence-corrected chi connectivity index (χ4v) is 7.71. The number of fused-ring (bicyclic) bond motifs is 3. The van der Waals surface area contributed by atoms with Crippen LogP contribution in [0.4, 0.5) is 10.2 Å². The van der Waals surface area contributed by atoms with E-state index < -0.39 is 11.1 Å². The van der Waals surface area contributed by atoms with E-state index in [0.717, 1.165) is 61.2 Å². The molecule has 3 aromatic heterocycles. The second-order valence-corrected chi connectivity index (χ2v) is 14.4. The summed E-state index contributed by atoms with van der Waals surface area (Å²) < 4.78 is 20.2. The first-order chi connectivity index (χ1) is 18.9.